The highest BCUT2D eigenvalue weighted by Gasteiger charge is 2.19. The molecular formula is C20H20ClN3O2. The van der Waals surface area contributed by atoms with Gasteiger partial charge in [0.15, 0.2) is 0 Å². The maximum absolute atomic E-state index is 12.8. The van der Waals surface area contributed by atoms with Crippen LogP contribution in [-0.2, 0) is 6.42 Å². The largest absolute Gasteiger partial charge is 0.396 e. The summed E-state index contributed by atoms with van der Waals surface area (Å²) in [4.78, 5) is 12.8. The van der Waals surface area contributed by atoms with E-state index in [9.17, 15) is 9.90 Å². The maximum Gasteiger partial charge on any atom is 0.255 e. The molecular weight excluding hydrogens is 350 g/mol. The van der Waals surface area contributed by atoms with E-state index in [-0.39, 0.29) is 18.6 Å². The van der Waals surface area contributed by atoms with E-state index in [4.69, 9.17) is 11.6 Å². The number of H-pyrrole nitrogens is 1. The van der Waals surface area contributed by atoms with Crippen molar-refractivity contribution in [1.29, 1.82) is 0 Å². The Kier molecular flexibility index (Phi) is 6.04. The van der Waals surface area contributed by atoms with Gasteiger partial charge in [-0.2, -0.15) is 5.10 Å². The van der Waals surface area contributed by atoms with E-state index < -0.39 is 0 Å². The molecule has 0 radical (unpaired) electrons. The van der Waals surface area contributed by atoms with E-state index in [2.05, 4.69) is 15.5 Å². The van der Waals surface area contributed by atoms with Gasteiger partial charge in [0, 0.05) is 23.2 Å². The fourth-order valence-corrected chi connectivity index (χ4v) is 3.06. The molecule has 0 saturated heterocycles. The number of carbonyl (C=O) groups is 1. The van der Waals surface area contributed by atoms with E-state index in [1.165, 1.54) is 6.20 Å². The van der Waals surface area contributed by atoms with Gasteiger partial charge in [0.25, 0.3) is 5.91 Å². The first-order valence-corrected chi connectivity index (χ1v) is 8.80. The van der Waals surface area contributed by atoms with Crippen LogP contribution in [0.25, 0.3) is 11.3 Å². The fraction of sp³-hybridized carbons (Fsp3) is 0.200. The molecule has 1 heterocycles. The lowest BCUT2D eigenvalue weighted by molar-refractivity contribution is 0.0931. The number of aromatic nitrogens is 2. The number of nitrogens with zero attached hydrogens (tertiary/aromatic N) is 1. The molecule has 3 rings (SSSR count). The number of carbonyl (C=O) groups excluding carboxylic acids is 1. The molecule has 1 amide bonds. The van der Waals surface area contributed by atoms with E-state index in [1.54, 1.807) is 12.1 Å². The summed E-state index contributed by atoms with van der Waals surface area (Å²) in [5.41, 5.74) is 2.96. The Morgan fingerprint density at radius 2 is 2.00 bits per heavy atom. The third-order valence-electron chi connectivity index (χ3n) is 4.13. The zero-order valence-electron chi connectivity index (χ0n) is 14.2. The highest BCUT2D eigenvalue weighted by molar-refractivity contribution is 6.30. The summed E-state index contributed by atoms with van der Waals surface area (Å²) >= 11 is 6.05. The van der Waals surface area contributed by atoms with Crippen molar-refractivity contribution in [2.75, 3.05) is 6.61 Å². The second-order valence-electron chi connectivity index (χ2n) is 6.04. The second kappa shape index (κ2) is 8.65. The van der Waals surface area contributed by atoms with Crippen LogP contribution in [-0.4, -0.2) is 33.9 Å². The molecule has 26 heavy (non-hydrogen) atoms. The number of hydrogen-bond acceptors (Lipinski definition) is 3. The van der Waals surface area contributed by atoms with Crippen molar-refractivity contribution < 1.29 is 9.90 Å². The number of benzene rings is 2. The molecule has 3 N–H and O–H groups in total. The highest BCUT2D eigenvalue weighted by atomic mass is 35.5. The zero-order valence-corrected chi connectivity index (χ0v) is 14.9. The van der Waals surface area contributed by atoms with Gasteiger partial charge >= 0.3 is 0 Å². The van der Waals surface area contributed by atoms with Crippen LogP contribution in [0.5, 0.6) is 0 Å². The molecule has 2 aromatic carbocycles. The smallest absolute Gasteiger partial charge is 0.255 e. The average Bonchev–Trinajstić information content (AvgIpc) is 3.13. The quantitative estimate of drug-likeness (QED) is 0.596. The van der Waals surface area contributed by atoms with Gasteiger partial charge in [0.1, 0.15) is 0 Å². The summed E-state index contributed by atoms with van der Waals surface area (Å²) in [6, 6.07) is 17.0. The standard InChI is InChI=1S/C20H20ClN3O2/c21-16-8-4-7-15(12-16)19-18(13-22-24-19)20(26)23-17(9-10-25)11-14-5-2-1-3-6-14/h1-8,12-13,17,25H,9-11H2,(H,22,24)(H,23,26). The molecule has 0 aliphatic heterocycles. The van der Waals surface area contributed by atoms with Crippen LogP contribution >= 0.6 is 11.6 Å². The number of aromatic amines is 1. The van der Waals surface area contributed by atoms with Crippen molar-refractivity contribution >= 4 is 17.5 Å². The van der Waals surface area contributed by atoms with Crippen LogP contribution in [0.1, 0.15) is 22.3 Å². The van der Waals surface area contributed by atoms with Gasteiger partial charge in [0.05, 0.1) is 17.5 Å². The summed E-state index contributed by atoms with van der Waals surface area (Å²) < 4.78 is 0. The Bertz CT molecular complexity index is 864. The van der Waals surface area contributed by atoms with Crippen molar-refractivity contribution in [2.24, 2.45) is 0 Å². The first-order valence-electron chi connectivity index (χ1n) is 8.42. The summed E-state index contributed by atoms with van der Waals surface area (Å²) in [7, 11) is 0. The SMILES string of the molecule is O=C(NC(CCO)Cc1ccccc1)c1cn[nH]c1-c1cccc(Cl)c1. The predicted molar refractivity (Wildman–Crippen MR) is 102 cm³/mol. The number of halogens is 1. The Labute approximate surface area is 157 Å². The third kappa shape index (κ3) is 4.50. The lowest BCUT2D eigenvalue weighted by Crippen LogP contribution is -2.37. The minimum atomic E-state index is -0.233. The molecule has 3 aromatic rings. The first kappa shape index (κ1) is 18.2. The van der Waals surface area contributed by atoms with E-state index in [0.29, 0.717) is 29.1 Å². The number of rotatable bonds is 7. The van der Waals surface area contributed by atoms with Gasteiger partial charge in [-0.05, 0) is 30.5 Å². The third-order valence-corrected chi connectivity index (χ3v) is 4.37. The topological polar surface area (TPSA) is 78.0 Å². The van der Waals surface area contributed by atoms with E-state index >= 15 is 0 Å². The van der Waals surface area contributed by atoms with Crippen molar-refractivity contribution in [3.05, 3.63) is 76.9 Å². The molecule has 0 spiro atoms. The van der Waals surface area contributed by atoms with Crippen LogP contribution in [0.2, 0.25) is 5.02 Å². The Morgan fingerprint density at radius 1 is 1.19 bits per heavy atom. The summed E-state index contributed by atoms with van der Waals surface area (Å²) in [5, 5.41) is 19.8. The normalized spacial score (nSPS) is 11.9. The molecule has 1 aromatic heterocycles. The van der Waals surface area contributed by atoms with Crippen LogP contribution in [0.4, 0.5) is 0 Å². The molecule has 0 aliphatic rings. The summed E-state index contributed by atoms with van der Waals surface area (Å²) in [5.74, 6) is -0.233. The maximum atomic E-state index is 12.8. The lowest BCUT2D eigenvalue weighted by atomic mass is 10.0. The lowest BCUT2D eigenvalue weighted by Gasteiger charge is -2.18. The van der Waals surface area contributed by atoms with Gasteiger partial charge in [-0.1, -0.05) is 54.1 Å². The molecule has 134 valence electrons. The number of hydrogen-bond donors (Lipinski definition) is 3. The second-order valence-corrected chi connectivity index (χ2v) is 6.48. The Hall–Kier alpha value is -2.63. The van der Waals surface area contributed by atoms with Crippen molar-refractivity contribution in [3.8, 4) is 11.3 Å². The number of amides is 1. The monoisotopic (exact) mass is 369 g/mol. The average molecular weight is 370 g/mol. The minimum absolute atomic E-state index is 0.00428. The number of nitrogens with one attached hydrogen (secondary N) is 2. The molecule has 5 nitrogen and oxygen atoms in total. The Balaban J connectivity index is 1.77. The molecule has 0 fully saturated rings. The highest BCUT2D eigenvalue weighted by Crippen LogP contribution is 2.24. The summed E-state index contributed by atoms with van der Waals surface area (Å²) in [6.45, 7) is 0.00428. The molecule has 0 bridgehead atoms. The van der Waals surface area contributed by atoms with Crippen molar-refractivity contribution in [2.45, 2.75) is 18.9 Å². The number of aliphatic hydroxyl groups is 1. The molecule has 1 unspecified atom stereocenters. The van der Waals surface area contributed by atoms with Crippen LogP contribution in [0, 0.1) is 0 Å². The summed E-state index contributed by atoms with van der Waals surface area (Å²) in [6.07, 6.45) is 2.63. The van der Waals surface area contributed by atoms with Gasteiger partial charge in [-0.15, -0.1) is 0 Å². The predicted octanol–water partition coefficient (Wildman–Crippen LogP) is 3.45. The minimum Gasteiger partial charge on any atom is -0.396 e. The van der Waals surface area contributed by atoms with Crippen molar-refractivity contribution in [1.82, 2.24) is 15.5 Å². The molecule has 6 heteroatoms. The molecule has 0 aliphatic carbocycles. The van der Waals surface area contributed by atoms with Crippen LogP contribution < -0.4 is 5.32 Å². The van der Waals surface area contributed by atoms with Gasteiger partial charge in [-0.3, -0.25) is 9.89 Å². The van der Waals surface area contributed by atoms with Gasteiger partial charge < -0.3 is 10.4 Å². The van der Waals surface area contributed by atoms with E-state index in [0.717, 1.165) is 11.1 Å². The van der Waals surface area contributed by atoms with Gasteiger partial charge in [0.2, 0.25) is 0 Å². The first-order chi connectivity index (χ1) is 12.7. The van der Waals surface area contributed by atoms with E-state index in [1.807, 2.05) is 42.5 Å². The molecule has 0 saturated carbocycles. The van der Waals surface area contributed by atoms with Crippen LogP contribution in [0.3, 0.4) is 0 Å². The van der Waals surface area contributed by atoms with Crippen LogP contribution in [0.15, 0.2) is 60.8 Å². The Morgan fingerprint density at radius 3 is 2.73 bits per heavy atom. The zero-order chi connectivity index (χ0) is 18.4. The number of aliphatic hydroxyl groups excluding tert-OH is 1. The van der Waals surface area contributed by atoms with Crippen molar-refractivity contribution in [3.63, 3.8) is 0 Å². The fourth-order valence-electron chi connectivity index (χ4n) is 2.87. The molecule has 1 atom stereocenters. The van der Waals surface area contributed by atoms with Gasteiger partial charge in [-0.25, -0.2) is 0 Å².